The molecule has 2 aliphatic rings. The number of benzene rings is 2. The van der Waals surface area contributed by atoms with Crippen molar-refractivity contribution in [2.75, 3.05) is 18.4 Å². The van der Waals surface area contributed by atoms with Crippen LogP contribution in [-0.4, -0.2) is 53.7 Å². The molecule has 2 saturated heterocycles. The fourth-order valence-electron chi connectivity index (χ4n) is 5.33. The van der Waals surface area contributed by atoms with E-state index in [0.717, 1.165) is 77.6 Å². The molecule has 10 heteroatoms. The SMILES string of the molecule is [B]n1c(-c2ccc(NC(=O)[C@@H]3CCCN3I)cc2)ccc1-c1ccc(-c2cnc([C@@H]3CCCN3I)[nH]2)cc1. The molecule has 2 radical (unpaired) electrons. The van der Waals surface area contributed by atoms with Crippen molar-refractivity contribution in [3.8, 4) is 33.8 Å². The van der Waals surface area contributed by atoms with E-state index < -0.39 is 0 Å². The van der Waals surface area contributed by atoms with Crippen LogP contribution in [0, 0.1) is 0 Å². The summed E-state index contributed by atoms with van der Waals surface area (Å²) in [5.74, 6) is 1.09. The van der Waals surface area contributed by atoms with Crippen LogP contribution in [0.1, 0.15) is 37.5 Å². The first-order chi connectivity index (χ1) is 18.5. The van der Waals surface area contributed by atoms with Gasteiger partial charge < -0.3 is 14.8 Å². The lowest BCUT2D eigenvalue weighted by Gasteiger charge is -2.17. The van der Waals surface area contributed by atoms with Crippen LogP contribution in [-0.2, 0) is 4.79 Å². The number of anilines is 1. The predicted molar refractivity (Wildman–Crippen MR) is 169 cm³/mol. The summed E-state index contributed by atoms with van der Waals surface area (Å²) in [6.07, 6.45) is 6.23. The van der Waals surface area contributed by atoms with Gasteiger partial charge in [-0.2, -0.15) is 0 Å². The Labute approximate surface area is 251 Å². The van der Waals surface area contributed by atoms with E-state index in [4.69, 9.17) is 7.98 Å². The number of carbonyl (C=O) groups excluding carboxylic acids is 1. The molecule has 0 aliphatic carbocycles. The van der Waals surface area contributed by atoms with Gasteiger partial charge in [0.15, 0.2) is 0 Å². The smallest absolute Gasteiger partial charge is 0.242 e. The minimum atomic E-state index is -0.0607. The molecule has 2 N–H and O–H groups in total. The Morgan fingerprint density at radius 2 is 1.47 bits per heavy atom. The van der Waals surface area contributed by atoms with Crippen molar-refractivity contribution in [3.05, 3.63) is 72.7 Å². The van der Waals surface area contributed by atoms with Gasteiger partial charge >= 0.3 is 0 Å². The normalized spacial score (nSPS) is 20.3. The maximum Gasteiger partial charge on any atom is 0.242 e. The third-order valence-electron chi connectivity index (χ3n) is 7.45. The van der Waals surface area contributed by atoms with E-state index in [9.17, 15) is 4.79 Å². The van der Waals surface area contributed by atoms with Crippen LogP contribution in [0.4, 0.5) is 5.69 Å². The van der Waals surface area contributed by atoms with Gasteiger partial charge in [-0.05, 0) is 66.6 Å². The lowest BCUT2D eigenvalue weighted by atomic mass is 10.1. The number of amides is 1. The zero-order valence-corrected chi connectivity index (χ0v) is 25.1. The molecule has 0 spiro atoms. The fraction of sp³-hybridized carbons (Fsp3) is 0.286. The van der Waals surface area contributed by atoms with Crippen molar-refractivity contribution in [3.63, 3.8) is 0 Å². The van der Waals surface area contributed by atoms with Gasteiger partial charge in [0, 0.05) is 75.9 Å². The molecule has 0 unspecified atom stereocenters. The first kappa shape index (κ1) is 26.1. The molecule has 4 heterocycles. The number of aromatic nitrogens is 3. The molecule has 2 aromatic heterocycles. The quantitative estimate of drug-likeness (QED) is 0.138. The number of imidazole rings is 1. The largest absolute Gasteiger partial charge is 0.397 e. The van der Waals surface area contributed by atoms with Crippen LogP contribution in [0.3, 0.4) is 0 Å². The van der Waals surface area contributed by atoms with E-state index in [1.165, 1.54) is 6.42 Å². The molecule has 38 heavy (non-hydrogen) atoms. The second-order valence-corrected chi connectivity index (χ2v) is 12.3. The molecule has 2 aromatic carbocycles. The molecule has 6 rings (SSSR count). The second-order valence-electron chi connectivity index (χ2n) is 9.86. The van der Waals surface area contributed by atoms with Crippen molar-refractivity contribution < 1.29 is 4.79 Å². The van der Waals surface area contributed by atoms with Gasteiger partial charge in [0.2, 0.25) is 13.9 Å². The van der Waals surface area contributed by atoms with Crippen molar-refractivity contribution >= 4 is 65.3 Å². The highest BCUT2D eigenvalue weighted by Crippen LogP contribution is 2.34. The Bertz CT molecular complexity index is 1430. The van der Waals surface area contributed by atoms with E-state index in [0.29, 0.717) is 6.04 Å². The van der Waals surface area contributed by atoms with Crippen LogP contribution in [0.5, 0.6) is 0 Å². The van der Waals surface area contributed by atoms with E-state index in [2.05, 4.69) is 91.5 Å². The first-order valence-corrected chi connectivity index (χ1v) is 14.8. The maximum absolute atomic E-state index is 12.6. The first-order valence-electron chi connectivity index (χ1n) is 12.9. The highest BCUT2D eigenvalue weighted by atomic mass is 127. The summed E-state index contributed by atoms with van der Waals surface area (Å²) >= 11 is 4.63. The Morgan fingerprint density at radius 1 is 0.868 bits per heavy atom. The van der Waals surface area contributed by atoms with Crippen molar-refractivity contribution in [2.45, 2.75) is 37.8 Å². The zero-order chi connectivity index (χ0) is 26.2. The average molecular weight is 728 g/mol. The third kappa shape index (κ3) is 5.19. The number of nitrogens with zero attached hydrogens (tertiary/aromatic N) is 4. The fourth-order valence-corrected chi connectivity index (χ4v) is 7.09. The number of carbonyl (C=O) groups is 1. The van der Waals surface area contributed by atoms with Crippen LogP contribution in [0.15, 0.2) is 66.9 Å². The van der Waals surface area contributed by atoms with E-state index in [1.807, 2.05) is 42.6 Å². The van der Waals surface area contributed by atoms with E-state index in [-0.39, 0.29) is 11.9 Å². The van der Waals surface area contributed by atoms with E-state index >= 15 is 0 Å². The summed E-state index contributed by atoms with van der Waals surface area (Å²) in [7, 11) is 6.54. The summed E-state index contributed by atoms with van der Waals surface area (Å²) in [6, 6.07) is 20.6. The average Bonchev–Trinajstić information content (AvgIpc) is 3.72. The molecule has 2 atom stereocenters. The Balaban J connectivity index is 1.15. The lowest BCUT2D eigenvalue weighted by Crippen LogP contribution is -2.33. The predicted octanol–water partition coefficient (Wildman–Crippen LogP) is 6.38. The lowest BCUT2D eigenvalue weighted by molar-refractivity contribution is -0.118. The number of H-pyrrole nitrogens is 1. The number of halogens is 2. The summed E-state index contributed by atoms with van der Waals surface area (Å²) < 4.78 is 6.13. The molecule has 2 aliphatic heterocycles. The third-order valence-corrected chi connectivity index (χ3v) is 9.76. The van der Waals surface area contributed by atoms with Gasteiger partial charge in [0.25, 0.3) is 0 Å². The molecule has 0 saturated carbocycles. The summed E-state index contributed by atoms with van der Waals surface area (Å²) in [6.45, 7) is 2.06. The Kier molecular flexibility index (Phi) is 7.65. The van der Waals surface area contributed by atoms with Crippen molar-refractivity contribution in [1.82, 2.24) is 20.7 Å². The number of rotatable bonds is 6. The highest BCUT2D eigenvalue weighted by molar-refractivity contribution is 14.1. The summed E-state index contributed by atoms with van der Waals surface area (Å²) in [5.41, 5.74) is 6.80. The minimum absolute atomic E-state index is 0.0504. The molecule has 1 amide bonds. The second kappa shape index (κ2) is 11.1. The molecule has 0 bridgehead atoms. The number of nitrogens with one attached hydrogen (secondary N) is 2. The monoisotopic (exact) mass is 728 g/mol. The number of hydrogen-bond acceptors (Lipinski definition) is 4. The molecule has 4 aromatic rings. The maximum atomic E-state index is 12.6. The molecule has 192 valence electrons. The number of aromatic amines is 1. The van der Waals surface area contributed by atoms with Gasteiger partial charge in [0.1, 0.15) is 5.82 Å². The summed E-state index contributed by atoms with van der Waals surface area (Å²) in [5, 5.41) is 3.04. The molecule has 2 fully saturated rings. The molecular weight excluding hydrogens is 701 g/mol. The number of hydrogen-bond donors (Lipinski definition) is 2. The standard InChI is InChI=1S/C28H27BI2N6O/c29-37-23(19-7-5-18(6-8-19)22-17-32-27(34-22)25-3-1-15-35(25)30)13-14-24(37)20-9-11-21(12-10-20)33-28(38)26-4-2-16-36(26)31/h5-14,17,25-26H,1-4,15-16H2,(H,32,34)(H,33,38)/t25-,26-/m0/s1. The van der Waals surface area contributed by atoms with Crippen LogP contribution < -0.4 is 5.32 Å². The Hall–Kier alpha value is -2.16. The summed E-state index contributed by atoms with van der Waals surface area (Å²) in [4.78, 5) is 20.8. The van der Waals surface area contributed by atoms with Crippen LogP contribution in [0.25, 0.3) is 33.8 Å². The van der Waals surface area contributed by atoms with Gasteiger partial charge in [-0.1, -0.05) is 36.4 Å². The zero-order valence-electron chi connectivity index (χ0n) is 20.8. The van der Waals surface area contributed by atoms with Crippen molar-refractivity contribution in [2.24, 2.45) is 0 Å². The highest BCUT2D eigenvalue weighted by Gasteiger charge is 2.29. The minimum Gasteiger partial charge on any atom is -0.397 e. The topological polar surface area (TPSA) is 69.2 Å². The Morgan fingerprint density at radius 3 is 2.08 bits per heavy atom. The van der Waals surface area contributed by atoms with Gasteiger partial charge in [0.05, 0.1) is 24.0 Å². The van der Waals surface area contributed by atoms with E-state index in [1.54, 1.807) is 4.48 Å². The van der Waals surface area contributed by atoms with Crippen molar-refractivity contribution in [1.29, 1.82) is 0 Å². The van der Waals surface area contributed by atoms with Crippen LogP contribution in [0.2, 0.25) is 0 Å². The molecular formula is C28H27BI2N6O. The van der Waals surface area contributed by atoms with Gasteiger partial charge in [-0.25, -0.2) is 11.2 Å². The molecule has 7 nitrogen and oxygen atoms in total. The van der Waals surface area contributed by atoms with Gasteiger partial charge in [-0.3, -0.25) is 4.79 Å². The van der Waals surface area contributed by atoms with Gasteiger partial charge in [-0.15, -0.1) is 0 Å². The van der Waals surface area contributed by atoms with Crippen LogP contribution >= 0.6 is 45.7 Å².